The number of amides is 1. The number of hydrogen-bond acceptors (Lipinski definition) is 3. The van der Waals surface area contributed by atoms with Crippen molar-refractivity contribution < 1.29 is 19.1 Å². The van der Waals surface area contributed by atoms with Gasteiger partial charge >= 0.3 is 0 Å². The van der Waals surface area contributed by atoms with E-state index in [0.717, 1.165) is 0 Å². The molecule has 24 heavy (non-hydrogen) atoms. The van der Waals surface area contributed by atoms with Gasteiger partial charge in [0.05, 0.1) is 11.6 Å². The molecule has 6 heteroatoms. The van der Waals surface area contributed by atoms with E-state index in [-0.39, 0.29) is 5.57 Å². The van der Waals surface area contributed by atoms with Crippen molar-refractivity contribution in [2.24, 2.45) is 0 Å². The average molecular weight is 346 g/mol. The fraction of sp³-hybridized carbons (Fsp3) is 0.111. The molecule has 0 spiro atoms. The molecule has 0 bridgehead atoms. The van der Waals surface area contributed by atoms with Crippen LogP contribution in [0.15, 0.2) is 59.9 Å². The molecule has 1 amide bonds. The second-order valence-electron chi connectivity index (χ2n) is 5.42. The van der Waals surface area contributed by atoms with Gasteiger partial charge in [-0.3, -0.25) is 14.5 Å². The van der Waals surface area contributed by atoms with Gasteiger partial charge in [-0.2, -0.15) is 0 Å². The SMILES string of the molecule is CC(=O)C1=C(O)C(=O)N(c2ccc(F)cc2)C1c1ccc(Cl)cc1. The summed E-state index contributed by atoms with van der Waals surface area (Å²) in [7, 11) is 0. The monoisotopic (exact) mass is 345 g/mol. The van der Waals surface area contributed by atoms with Gasteiger partial charge in [0.25, 0.3) is 5.91 Å². The number of ketones is 1. The van der Waals surface area contributed by atoms with E-state index in [4.69, 9.17) is 11.6 Å². The number of hydrogen-bond donors (Lipinski definition) is 1. The zero-order valence-electron chi connectivity index (χ0n) is 12.7. The van der Waals surface area contributed by atoms with Gasteiger partial charge < -0.3 is 5.11 Å². The Morgan fingerprint density at radius 2 is 1.71 bits per heavy atom. The first-order valence-electron chi connectivity index (χ1n) is 7.19. The Bertz CT molecular complexity index is 844. The molecule has 1 aliphatic rings. The van der Waals surface area contributed by atoms with Crippen molar-refractivity contribution in [3.63, 3.8) is 0 Å². The van der Waals surface area contributed by atoms with Crippen LogP contribution in [-0.4, -0.2) is 16.8 Å². The van der Waals surface area contributed by atoms with E-state index >= 15 is 0 Å². The lowest BCUT2D eigenvalue weighted by Crippen LogP contribution is -2.30. The lowest BCUT2D eigenvalue weighted by Gasteiger charge is -2.26. The van der Waals surface area contributed by atoms with Gasteiger partial charge in [0.15, 0.2) is 11.5 Å². The molecule has 2 aromatic carbocycles. The van der Waals surface area contributed by atoms with E-state index in [1.807, 2.05) is 0 Å². The molecule has 1 aliphatic heterocycles. The van der Waals surface area contributed by atoms with Gasteiger partial charge in [-0.1, -0.05) is 23.7 Å². The number of carbonyl (C=O) groups is 2. The number of benzene rings is 2. The maximum atomic E-state index is 13.2. The predicted molar refractivity (Wildman–Crippen MR) is 88.4 cm³/mol. The van der Waals surface area contributed by atoms with Crippen LogP contribution < -0.4 is 4.90 Å². The largest absolute Gasteiger partial charge is 0.503 e. The zero-order valence-corrected chi connectivity index (χ0v) is 13.4. The highest BCUT2D eigenvalue weighted by Gasteiger charge is 2.43. The molecule has 0 saturated heterocycles. The third-order valence-corrected chi connectivity index (χ3v) is 4.13. The summed E-state index contributed by atoms with van der Waals surface area (Å²) in [5.41, 5.74) is 1.00. The molecular formula is C18H13ClFNO3. The van der Waals surface area contributed by atoms with Crippen LogP contribution in [0.5, 0.6) is 0 Å². The van der Waals surface area contributed by atoms with E-state index < -0.39 is 29.3 Å². The summed E-state index contributed by atoms with van der Waals surface area (Å²) in [6.07, 6.45) is 0. The molecule has 0 aliphatic carbocycles. The number of carbonyl (C=O) groups excluding carboxylic acids is 2. The highest BCUT2D eigenvalue weighted by atomic mass is 35.5. The summed E-state index contributed by atoms with van der Waals surface area (Å²) >= 11 is 5.89. The van der Waals surface area contributed by atoms with Gasteiger partial charge in [-0.25, -0.2) is 4.39 Å². The van der Waals surface area contributed by atoms with Crippen LogP contribution in [0, 0.1) is 5.82 Å². The topological polar surface area (TPSA) is 57.6 Å². The Kier molecular flexibility index (Phi) is 4.11. The van der Waals surface area contributed by atoms with Crippen molar-refractivity contribution in [3.05, 3.63) is 76.3 Å². The smallest absolute Gasteiger partial charge is 0.294 e. The number of rotatable bonds is 3. The minimum absolute atomic E-state index is 0.00616. The Morgan fingerprint density at radius 3 is 2.25 bits per heavy atom. The Labute approximate surface area is 142 Å². The van der Waals surface area contributed by atoms with Crippen molar-refractivity contribution in [2.45, 2.75) is 13.0 Å². The third kappa shape index (κ3) is 2.67. The summed E-state index contributed by atoms with van der Waals surface area (Å²) in [6, 6.07) is 11.1. The van der Waals surface area contributed by atoms with E-state index in [9.17, 15) is 19.1 Å². The van der Waals surface area contributed by atoms with Crippen molar-refractivity contribution in [2.75, 3.05) is 4.90 Å². The highest BCUT2D eigenvalue weighted by molar-refractivity contribution is 6.30. The van der Waals surface area contributed by atoms with Gasteiger partial charge in [0.1, 0.15) is 5.82 Å². The molecular weight excluding hydrogens is 333 g/mol. The van der Waals surface area contributed by atoms with Gasteiger partial charge in [0, 0.05) is 10.7 Å². The molecule has 1 N–H and O–H groups in total. The number of aliphatic hydroxyl groups excluding tert-OH is 1. The molecule has 4 nitrogen and oxygen atoms in total. The number of anilines is 1. The van der Waals surface area contributed by atoms with Crippen LogP contribution in [0.4, 0.5) is 10.1 Å². The summed E-state index contributed by atoms with van der Waals surface area (Å²) < 4.78 is 13.2. The first kappa shape index (κ1) is 16.2. The maximum Gasteiger partial charge on any atom is 0.294 e. The van der Waals surface area contributed by atoms with E-state index in [0.29, 0.717) is 16.3 Å². The molecule has 0 fully saturated rings. The molecule has 2 aromatic rings. The minimum atomic E-state index is -0.794. The number of Topliss-reactive ketones (excluding diaryl/α,β-unsaturated/α-hetero) is 1. The lowest BCUT2D eigenvalue weighted by atomic mass is 9.96. The molecule has 3 rings (SSSR count). The second-order valence-corrected chi connectivity index (χ2v) is 5.86. The van der Waals surface area contributed by atoms with Crippen molar-refractivity contribution >= 4 is 29.0 Å². The van der Waals surface area contributed by atoms with E-state index in [1.165, 1.54) is 36.1 Å². The van der Waals surface area contributed by atoms with E-state index in [2.05, 4.69) is 0 Å². The Hall–Kier alpha value is -2.66. The average Bonchev–Trinajstić information content (AvgIpc) is 2.81. The molecule has 1 unspecified atom stereocenters. The van der Waals surface area contributed by atoms with Crippen LogP contribution >= 0.6 is 11.6 Å². The maximum absolute atomic E-state index is 13.2. The number of aliphatic hydroxyl groups is 1. The summed E-state index contributed by atoms with van der Waals surface area (Å²) in [5.74, 6) is -2.15. The molecule has 1 atom stereocenters. The van der Waals surface area contributed by atoms with Crippen molar-refractivity contribution in [3.8, 4) is 0 Å². The fourth-order valence-corrected chi connectivity index (χ4v) is 2.92. The first-order chi connectivity index (χ1) is 11.4. The third-order valence-electron chi connectivity index (χ3n) is 3.88. The predicted octanol–water partition coefficient (Wildman–Crippen LogP) is 3.97. The molecule has 122 valence electrons. The number of nitrogens with zero attached hydrogens (tertiary/aromatic N) is 1. The summed E-state index contributed by atoms with van der Waals surface area (Å²) in [6.45, 7) is 1.29. The van der Waals surface area contributed by atoms with Crippen LogP contribution in [0.3, 0.4) is 0 Å². The molecule has 0 radical (unpaired) electrons. The first-order valence-corrected chi connectivity index (χ1v) is 7.56. The number of halogens is 2. The quantitative estimate of drug-likeness (QED) is 0.915. The van der Waals surface area contributed by atoms with Crippen LogP contribution in [-0.2, 0) is 9.59 Å². The standard InChI is InChI=1S/C18H13ClFNO3/c1-10(22)15-16(11-2-4-12(19)5-3-11)21(18(24)17(15)23)14-8-6-13(20)7-9-14/h2-9,16,23H,1H3. The van der Waals surface area contributed by atoms with Gasteiger partial charge in [0.2, 0.25) is 0 Å². The zero-order chi connectivity index (χ0) is 17.4. The van der Waals surface area contributed by atoms with Crippen LogP contribution in [0.25, 0.3) is 0 Å². The molecule has 0 aromatic heterocycles. The van der Waals surface area contributed by atoms with Crippen LogP contribution in [0.2, 0.25) is 5.02 Å². The van der Waals surface area contributed by atoms with Gasteiger partial charge in [-0.05, 0) is 48.9 Å². The highest BCUT2D eigenvalue weighted by Crippen LogP contribution is 2.41. The van der Waals surface area contributed by atoms with Crippen molar-refractivity contribution in [1.82, 2.24) is 0 Å². The van der Waals surface area contributed by atoms with Gasteiger partial charge in [-0.15, -0.1) is 0 Å². The Balaban J connectivity index is 2.16. The van der Waals surface area contributed by atoms with E-state index in [1.54, 1.807) is 24.3 Å². The molecule has 0 saturated carbocycles. The summed E-state index contributed by atoms with van der Waals surface area (Å²) in [4.78, 5) is 25.8. The summed E-state index contributed by atoms with van der Waals surface area (Å²) in [5, 5.41) is 10.7. The van der Waals surface area contributed by atoms with Crippen molar-refractivity contribution in [1.29, 1.82) is 0 Å². The normalized spacial score (nSPS) is 17.5. The minimum Gasteiger partial charge on any atom is -0.503 e. The Morgan fingerprint density at radius 1 is 1.12 bits per heavy atom. The fourth-order valence-electron chi connectivity index (χ4n) is 2.79. The lowest BCUT2D eigenvalue weighted by molar-refractivity contribution is -0.117. The second kappa shape index (κ2) is 6.09. The molecule has 1 heterocycles. The van der Waals surface area contributed by atoms with Crippen LogP contribution in [0.1, 0.15) is 18.5 Å².